The second-order valence-electron chi connectivity index (χ2n) is 17.6. The smallest absolute Gasteiger partial charge is 0.306 e. The molecule has 0 aliphatic heterocycles. The van der Waals surface area contributed by atoms with Crippen molar-refractivity contribution in [2.75, 3.05) is 39.3 Å². The maximum Gasteiger partial charge on any atom is 0.306 e. The van der Waals surface area contributed by atoms with E-state index in [1.165, 1.54) is 51.4 Å². The molecule has 0 spiro atoms. The number of fused-ring (bicyclic) bond motifs is 5. The summed E-state index contributed by atoms with van der Waals surface area (Å²) in [6, 6.07) is 0. The number of carbonyl (C=O) groups excluding carboxylic acids is 2. The molecule has 7 nitrogen and oxygen atoms in total. The molecular formula is C42H79Cl3N4O3. The van der Waals surface area contributed by atoms with E-state index in [-0.39, 0.29) is 60.6 Å². The summed E-state index contributed by atoms with van der Waals surface area (Å²) in [4.78, 5) is 27.9. The number of nitrogens with one attached hydrogen (secondary N) is 1. The van der Waals surface area contributed by atoms with Crippen molar-refractivity contribution in [2.45, 2.75) is 156 Å². The molecule has 10 heteroatoms. The molecule has 5 N–H and O–H groups in total. The Morgan fingerprint density at radius 3 is 2.27 bits per heavy atom. The van der Waals surface area contributed by atoms with Gasteiger partial charge in [0, 0.05) is 32.4 Å². The molecule has 0 aromatic heterocycles. The summed E-state index contributed by atoms with van der Waals surface area (Å²) in [7, 11) is 0. The average Bonchev–Trinajstić information content (AvgIpc) is 3.43. The van der Waals surface area contributed by atoms with Crippen LogP contribution in [-0.2, 0) is 14.3 Å². The Labute approximate surface area is 337 Å². The van der Waals surface area contributed by atoms with Gasteiger partial charge in [-0.2, -0.15) is 0 Å². The van der Waals surface area contributed by atoms with E-state index in [4.69, 9.17) is 16.2 Å². The molecule has 4 aliphatic rings. The highest BCUT2D eigenvalue weighted by atomic mass is 35.5. The van der Waals surface area contributed by atoms with Gasteiger partial charge in [-0.1, -0.05) is 65.5 Å². The summed E-state index contributed by atoms with van der Waals surface area (Å²) in [5, 5.41) is 3.41. The van der Waals surface area contributed by atoms with Crippen LogP contribution in [0.15, 0.2) is 11.6 Å². The Balaban J connectivity index is 0.00000451. The molecule has 0 aromatic rings. The first kappa shape index (κ1) is 49.4. The van der Waals surface area contributed by atoms with Gasteiger partial charge in [-0.3, -0.25) is 9.59 Å². The van der Waals surface area contributed by atoms with Crippen LogP contribution in [-0.4, -0.2) is 62.1 Å². The monoisotopic (exact) mass is 793 g/mol. The molecule has 8 atom stereocenters. The fourth-order valence-corrected chi connectivity index (χ4v) is 11.1. The van der Waals surface area contributed by atoms with Gasteiger partial charge < -0.3 is 26.4 Å². The molecule has 3 fully saturated rings. The van der Waals surface area contributed by atoms with Crippen molar-refractivity contribution in [1.82, 2.24) is 10.2 Å². The molecule has 4 rings (SSSR count). The first-order valence-corrected chi connectivity index (χ1v) is 20.8. The largest absolute Gasteiger partial charge is 0.462 e. The van der Waals surface area contributed by atoms with Crippen LogP contribution < -0.4 is 16.8 Å². The van der Waals surface area contributed by atoms with Crippen molar-refractivity contribution < 1.29 is 14.3 Å². The Bertz CT molecular complexity index is 1080. The van der Waals surface area contributed by atoms with Gasteiger partial charge in [0.15, 0.2) is 0 Å². The van der Waals surface area contributed by atoms with Crippen molar-refractivity contribution in [2.24, 2.45) is 57.8 Å². The van der Waals surface area contributed by atoms with E-state index in [0.717, 1.165) is 100 Å². The summed E-state index contributed by atoms with van der Waals surface area (Å²) in [5.74, 6) is 5.01. The summed E-state index contributed by atoms with van der Waals surface area (Å²) in [6.45, 7) is 17.1. The van der Waals surface area contributed by atoms with Gasteiger partial charge in [-0.25, -0.2) is 0 Å². The number of rotatable bonds is 21. The lowest BCUT2D eigenvalue weighted by Crippen LogP contribution is -2.51. The molecule has 8 unspecified atom stereocenters. The normalized spacial score (nSPS) is 29.6. The number of esters is 1. The van der Waals surface area contributed by atoms with Crippen molar-refractivity contribution in [3.05, 3.63) is 11.6 Å². The van der Waals surface area contributed by atoms with Gasteiger partial charge in [0.2, 0.25) is 5.91 Å². The maximum atomic E-state index is 13.0. The van der Waals surface area contributed by atoms with Crippen LogP contribution in [0, 0.1) is 46.3 Å². The van der Waals surface area contributed by atoms with Crippen LogP contribution >= 0.6 is 37.2 Å². The van der Waals surface area contributed by atoms with Gasteiger partial charge in [0.05, 0.1) is 0 Å². The number of hydrogen-bond acceptors (Lipinski definition) is 6. The molecule has 4 aliphatic carbocycles. The zero-order valence-electron chi connectivity index (χ0n) is 33.6. The topological polar surface area (TPSA) is 111 Å². The van der Waals surface area contributed by atoms with E-state index in [9.17, 15) is 9.59 Å². The Morgan fingerprint density at radius 2 is 1.56 bits per heavy atom. The van der Waals surface area contributed by atoms with Crippen molar-refractivity contribution >= 4 is 49.1 Å². The molecule has 0 radical (unpaired) electrons. The van der Waals surface area contributed by atoms with Crippen LogP contribution in [0.1, 0.15) is 150 Å². The Hall–Kier alpha value is -0.570. The van der Waals surface area contributed by atoms with Crippen molar-refractivity contribution in [3.63, 3.8) is 0 Å². The van der Waals surface area contributed by atoms with Gasteiger partial charge in [-0.15, -0.1) is 37.2 Å². The van der Waals surface area contributed by atoms with E-state index < -0.39 is 0 Å². The summed E-state index contributed by atoms with van der Waals surface area (Å²) >= 11 is 0. The lowest BCUT2D eigenvalue weighted by molar-refractivity contribution is -0.151. The highest BCUT2D eigenvalue weighted by molar-refractivity contribution is 5.86. The van der Waals surface area contributed by atoms with Crippen LogP contribution in [0.5, 0.6) is 0 Å². The second-order valence-corrected chi connectivity index (χ2v) is 17.6. The number of halogens is 3. The van der Waals surface area contributed by atoms with E-state index >= 15 is 0 Å². The van der Waals surface area contributed by atoms with Gasteiger partial charge in [0.1, 0.15) is 6.10 Å². The number of allylic oxidation sites excluding steroid dienone is 1. The van der Waals surface area contributed by atoms with Crippen LogP contribution in [0.3, 0.4) is 0 Å². The third-order valence-corrected chi connectivity index (χ3v) is 13.9. The summed E-state index contributed by atoms with van der Waals surface area (Å²) in [6.07, 6.45) is 21.6. The van der Waals surface area contributed by atoms with Gasteiger partial charge in [-0.05, 0) is 150 Å². The standard InChI is InChI=1S/C42H76N4O3.3ClH/c1-31(2)12-8-13-32(3)36-18-19-37-35-17-16-33-30-34(20-22-41(33,4)38(35)21-23-42(36,37)5)49-40(48)15-9-14-39(47)46(29-11-25-44)28-7-6-26-45-27-10-24-43;;;/h16,31-32,34-38,45H,6-15,17-30,43-44H2,1-5H3;3*1H. The SMILES string of the molecule is CC(C)CCCC(C)C1CCC2C3CC=C4CC(OC(=O)CCCC(=O)N(CCCN)CCCCNCCCN)CCC4(C)C3CCC12C.Cl.Cl.Cl. The predicted octanol–water partition coefficient (Wildman–Crippen LogP) is 9.27. The highest BCUT2D eigenvalue weighted by Crippen LogP contribution is 2.67. The van der Waals surface area contributed by atoms with Crippen LogP contribution in [0.2, 0.25) is 0 Å². The molecule has 0 heterocycles. The number of ether oxygens (including phenoxy) is 1. The summed E-state index contributed by atoms with van der Waals surface area (Å²) < 4.78 is 6.08. The first-order chi connectivity index (χ1) is 23.5. The maximum absolute atomic E-state index is 13.0. The minimum Gasteiger partial charge on any atom is -0.462 e. The third-order valence-electron chi connectivity index (χ3n) is 13.9. The second kappa shape index (κ2) is 24.1. The van der Waals surface area contributed by atoms with E-state index in [1.54, 1.807) is 5.57 Å². The minimum absolute atomic E-state index is 0. The molecule has 1 amide bonds. The van der Waals surface area contributed by atoms with Gasteiger partial charge >= 0.3 is 5.97 Å². The zero-order chi connectivity index (χ0) is 35.4. The quantitative estimate of drug-likeness (QED) is 0.0608. The van der Waals surface area contributed by atoms with E-state index in [1.807, 2.05) is 4.90 Å². The molecule has 0 bridgehead atoms. The molecule has 52 heavy (non-hydrogen) atoms. The predicted molar refractivity (Wildman–Crippen MR) is 225 cm³/mol. The molecule has 306 valence electrons. The van der Waals surface area contributed by atoms with Crippen LogP contribution in [0.25, 0.3) is 0 Å². The number of carbonyl (C=O) groups is 2. The van der Waals surface area contributed by atoms with Gasteiger partial charge in [0.25, 0.3) is 0 Å². The molecular weight excluding hydrogens is 715 g/mol. The molecule has 0 aromatic carbocycles. The van der Waals surface area contributed by atoms with Crippen molar-refractivity contribution in [3.8, 4) is 0 Å². The number of hydrogen-bond donors (Lipinski definition) is 3. The molecule has 0 saturated heterocycles. The fraction of sp³-hybridized carbons (Fsp3) is 0.905. The highest BCUT2D eigenvalue weighted by Gasteiger charge is 2.59. The third kappa shape index (κ3) is 13.0. The van der Waals surface area contributed by atoms with E-state index in [0.29, 0.717) is 44.3 Å². The number of unbranched alkanes of at least 4 members (excludes halogenated alkanes) is 1. The number of amides is 1. The lowest BCUT2D eigenvalue weighted by Gasteiger charge is -2.58. The van der Waals surface area contributed by atoms with Crippen molar-refractivity contribution in [1.29, 1.82) is 0 Å². The number of nitrogens with zero attached hydrogens (tertiary/aromatic N) is 1. The Morgan fingerprint density at radius 1 is 0.846 bits per heavy atom. The average molecular weight is 794 g/mol. The Kier molecular flexibility index (Phi) is 23.0. The molecule has 3 saturated carbocycles. The lowest BCUT2D eigenvalue weighted by atomic mass is 9.47. The van der Waals surface area contributed by atoms with E-state index in [2.05, 4.69) is 46.0 Å². The fourth-order valence-electron chi connectivity index (χ4n) is 11.1. The zero-order valence-corrected chi connectivity index (χ0v) is 36.1. The minimum atomic E-state index is -0.138. The van der Waals surface area contributed by atoms with Crippen LogP contribution in [0.4, 0.5) is 0 Å². The first-order valence-electron chi connectivity index (χ1n) is 20.8. The summed E-state index contributed by atoms with van der Waals surface area (Å²) in [5.41, 5.74) is 13.6. The number of nitrogens with two attached hydrogens (primary N) is 2.